The van der Waals surface area contributed by atoms with Crippen LogP contribution in [0.5, 0.6) is 0 Å². The summed E-state index contributed by atoms with van der Waals surface area (Å²) in [6.07, 6.45) is 5.34. The number of pyridine rings is 1. The van der Waals surface area contributed by atoms with Crippen molar-refractivity contribution in [2.45, 2.75) is 25.8 Å². The van der Waals surface area contributed by atoms with E-state index in [1.807, 2.05) is 24.4 Å². The van der Waals surface area contributed by atoms with Crippen LogP contribution in [-0.4, -0.2) is 71.9 Å². The first-order chi connectivity index (χ1) is 16.2. The molecule has 2 aliphatic rings. The molecule has 2 aromatic carbocycles. The highest BCUT2D eigenvalue weighted by atomic mass is 16.2. The summed E-state index contributed by atoms with van der Waals surface area (Å²) in [5.74, 6) is 0.592. The van der Waals surface area contributed by atoms with Gasteiger partial charge in [-0.3, -0.25) is 14.7 Å². The molecule has 0 saturated carbocycles. The number of benzene rings is 2. The third-order valence-corrected chi connectivity index (χ3v) is 7.12. The molecule has 5 rings (SSSR count). The van der Waals surface area contributed by atoms with Gasteiger partial charge >= 0.3 is 0 Å². The van der Waals surface area contributed by atoms with Crippen LogP contribution in [-0.2, 0) is 13.0 Å². The van der Waals surface area contributed by atoms with Gasteiger partial charge in [-0.05, 0) is 80.7 Å². The molecule has 1 amide bonds. The number of carbonyl (C=O) groups excluding carboxylic acids is 1. The van der Waals surface area contributed by atoms with Gasteiger partial charge in [0.2, 0.25) is 0 Å². The number of nitrogens with zero attached hydrogens (tertiary/aromatic N) is 4. The normalized spacial score (nSPS) is 20.3. The fraction of sp³-hybridized carbons (Fsp3) is 0.429. The predicted octanol–water partition coefficient (Wildman–Crippen LogP) is 4.08. The standard InChI is InChI=1S/C28H34N4O/c1-30-15-16-32(28(33)26-9-3-2-7-25(26)21-31-13-4-5-14-31)20-23(19-30)17-22-10-11-27-24(18-22)8-6-12-29-27/h2-3,6-12,18,23H,4-5,13-17,19-21H2,1H3/t23-/m0/s1. The van der Waals surface area contributed by atoms with Gasteiger partial charge in [-0.1, -0.05) is 30.3 Å². The van der Waals surface area contributed by atoms with Gasteiger partial charge in [0, 0.05) is 49.9 Å². The second-order valence-electron chi connectivity index (χ2n) is 9.75. The minimum absolute atomic E-state index is 0.188. The van der Waals surface area contributed by atoms with E-state index in [4.69, 9.17) is 0 Å². The molecule has 0 unspecified atom stereocenters. The number of likely N-dealkylation sites (tertiary alicyclic amines) is 1. The first kappa shape index (κ1) is 22.1. The molecule has 33 heavy (non-hydrogen) atoms. The van der Waals surface area contributed by atoms with Crippen molar-refractivity contribution >= 4 is 16.8 Å². The van der Waals surface area contributed by atoms with Gasteiger partial charge in [-0.25, -0.2) is 0 Å². The molecule has 5 nitrogen and oxygen atoms in total. The Morgan fingerprint density at radius 3 is 2.70 bits per heavy atom. The molecule has 2 aliphatic heterocycles. The van der Waals surface area contributed by atoms with Crippen molar-refractivity contribution in [2.24, 2.45) is 5.92 Å². The highest BCUT2D eigenvalue weighted by Gasteiger charge is 2.27. The topological polar surface area (TPSA) is 39.7 Å². The van der Waals surface area contributed by atoms with Crippen LogP contribution in [0.2, 0.25) is 0 Å². The van der Waals surface area contributed by atoms with Gasteiger partial charge in [0.25, 0.3) is 5.91 Å². The van der Waals surface area contributed by atoms with Gasteiger partial charge in [-0.15, -0.1) is 0 Å². The van der Waals surface area contributed by atoms with E-state index in [0.29, 0.717) is 5.92 Å². The first-order valence-corrected chi connectivity index (χ1v) is 12.3. The smallest absolute Gasteiger partial charge is 0.254 e. The van der Waals surface area contributed by atoms with Gasteiger partial charge in [-0.2, -0.15) is 0 Å². The van der Waals surface area contributed by atoms with Crippen LogP contribution in [0, 0.1) is 5.92 Å². The summed E-state index contributed by atoms with van der Waals surface area (Å²) in [7, 11) is 2.17. The molecule has 3 aromatic rings. The minimum Gasteiger partial charge on any atom is -0.337 e. The average Bonchev–Trinajstić information content (AvgIpc) is 3.27. The molecule has 0 aliphatic carbocycles. The number of hydrogen-bond acceptors (Lipinski definition) is 4. The lowest BCUT2D eigenvalue weighted by atomic mass is 9.97. The molecule has 2 fully saturated rings. The van der Waals surface area contributed by atoms with Crippen LogP contribution >= 0.6 is 0 Å². The van der Waals surface area contributed by atoms with Crippen molar-refractivity contribution in [3.05, 3.63) is 77.5 Å². The van der Waals surface area contributed by atoms with Gasteiger partial charge in [0.15, 0.2) is 0 Å². The Morgan fingerprint density at radius 1 is 0.970 bits per heavy atom. The summed E-state index contributed by atoms with van der Waals surface area (Å²) in [6.45, 7) is 6.66. The van der Waals surface area contributed by atoms with Crippen LogP contribution in [0.15, 0.2) is 60.8 Å². The number of rotatable bonds is 5. The van der Waals surface area contributed by atoms with E-state index in [1.165, 1.54) is 29.4 Å². The summed E-state index contributed by atoms with van der Waals surface area (Å²) in [6, 6.07) is 18.9. The summed E-state index contributed by atoms with van der Waals surface area (Å²) >= 11 is 0. The fourth-order valence-electron chi connectivity index (χ4n) is 5.40. The Kier molecular flexibility index (Phi) is 6.70. The predicted molar refractivity (Wildman–Crippen MR) is 133 cm³/mol. The second-order valence-corrected chi connectivity index (χ2v) is 9.75. The Bertz CT molecular complexity index is 1110. The lowest BCUT2D eigenvalue weighted by molar-refractivity contribution is 0.0744. The Balaban J connectivity index is 1.33. The molecule has 3 heterocycles. The van der Waals surface area contributed by atoms with Gasteiger partial charge < -0.3 is 9.80 Å². The maximum atomic E-state index is 13.7. The van der Waals surface area contributed by atoms with Crippen molar-refractivity contribution < 1.29 is 4.79 Å². The number of carbonyl (C=O) groups is 1. The molecule has 0 spiro atoms. The number of hydrogen-bond donors (Lipinski definition) is 0. The quantitative estimate of drug-likeness (QED) is 0.597. The first-order valence-electron chi connectivity index (χ1n) is 12.3. The monoisotopic (exact) mass is 442 g/mol. The summed E-state index contributed by atoms with van der Waals surface area (Å²) < 4.78 is 0. The number of aromatic nitrogens is 1. The lowest BCUT2D eigenvalue weighted by Gasteiger charge is -2.26. The van der Waals surface area contributed by atoms with Crippen molar-refractivity contribution in [1.29, 1.82) is 0 Å². The van der Waals surface area contributed by atoms with Crippen molar-refractivity contribution in [3.63, 3.8) is 0 Å². The van der Waals surface area contributed by atoms with Crippen molar-refractivity contribution in [2.75, 3.05) is 46.3 Å². The van der Waals surface area contributed by atoms with E-state index >= 15 is 0 Å². The van der Waals surface area contributed by atoms with Crippen LogP contribution in [0.25, 0.3) is 10.9 Å². The summed E-state index contributed by atoms with van der Waals surface area (Å²) in [5, 5.41) is 1.18. The number of likely N-dealkylation sites (N-methyl/N-ethyl adjacent to an activating group) is 1. The molecule has 1 atom stereocenters. The highest BCUT2D eigenvalue weighted by Crippen LogP contribution is 2.22. The molecule has 172 valence electrons. The zero-order valence-corrected chi connectivity index (χ0v) is 19.6. The largest absolute Gasteiger partial charge is 0.337 e. The zero-order chi connectivity index (χ0) is 22.6. The molecular weight excluding hydrogens is 408 g/mol. The van der Waals surface area contributed by atoms with E-state index in [0.717, 1.165) is 63.3 Å². The van der Waals surface area contributed by atoms with Gasteiger partial charge in [0.05, 0.1) is 5.52 Å². The van der Waals surface area contributed by atoms with E-state index in [9.17, 15) is 4.79 Å². The average molecular weight is 443 g/mol. The van der Waals surface area contributed by atoms with Gasteiger partial charge in [0.1, 0.15) is 0 Å². The molecule has 0 N–H and O–H groups in total. The minimum atomic E-state index is 0.188. The molecule has 5 heteroatoms. The SMILES string of the molecule is CN1CCN(C(=O)c2ccccc2CN2CCCC2)C[C@@H](Cc2ccc3ncccc3c2)C1. The summed E-state index contributed by atoms with van der Waals surface area (Å²) in [5.41, 5.74) is 4.40. The third-order valence-electron chi connectivity index (χ3n) is 7.12. The number of fused-ring (bicyclic) bond motifs is 1. The van der Waals surface area contributed by atoms with E-state index in [1.54, 1.807) is 0 Å². The number of amides is 1. The maximum absolute atomic E-state index is 13.7. The van der Waals surface area contributed by atoms with Crippen LogP contribution < -0.4 is 0 Å². The van der Waals surface area contributed by atoms with Crippen LogP contribution in [0.1, 0.15) is 34.3 Å². The van der Waals surface area contributed by atoms with E-state index in [2.05, 4.69) is 63.1 Å². The Hall–Kier alpha value is -2.76. The van der Waals surface area contributed by atoms with E-state index < -0.39 is 0 Å². The van der Waals surface area contributed by atoms with Crippen molar-refractivity contribution in [3.8, 4) is 0 Å². The molecule has 0 radical (unpaired) electrons. The molecular formula is C28H34N4O. The second kappa shape index (κ2) is 10.0. The van der Waals surface area contributed by atoms with E-state index in [-0.39, 0.29) is 5.91 Å². The van der Waals surface area contributed by atoms with Crippen molar-refractivity contribution in [1.82, 2.24) is 19.7 Å². The molecule has 1 aromatic heterocycles. The maximum Gasteiger partial charge on any atom is 0.254 e. The lowest BCUT2D eigenvalue weighted by Crippen LogP contribution is -2.37. The molecule has 0 bridgehead atoms. The summed E-state index contributed by atoms with van der Waals surface area (Å²) in [4.78, 5) is 25.1. The third kappa shape index (κ3) is 5.26. The fourth-order valence-corrected chi connectivity index (χ4v) is 5.40. The van der Waals surface area contributed by atoms with Crippen LogP contribution in [0.4, 0.5) is 0 Å². The highest BCUT2D eigenvalue weighted by molar-refractivity contribution is 5.95. The zero-order valence-electron chi connectivity index (χ0n) is 19.6. The Morgan fingerprint density at radius 2 is 1.82 bits per heavy atom. The Labute approximate surface area is 197 Å². The van der Waals surface area contributed by atoms with Crippen LogP contribution in [0.3, 0.4) is 0 Å². The molecule has 2 saturated heterocycles.